The average molecular weight is 169 g/mol. The number of hydrogen-bond donors (Lipinski definition) is 1. The van der Waals surface area contributed by atoms with E-state index in [4.69, 9.17) is 0 Å². The van der Waals surface area contributed by atoms with E-state index in [0.717, 1.165) is 14.2 Å². The first-order valence-corrected chi connectivity index (χ1v) is 4.02. The van der Waals surface area contributed by atoms with Gasteiger partial charge in [0.2, 0.25) is 0 Å². The van der Waals surface area contributed by atoms with Crippen LogP contribution in [-0.4, -0.2) is 35.7 Å². The van der Waals surface area contributed by atoms with Crippen LogP contribution in [0.3, 0.4) is 0 Å². The molecule has 0 aromatic heterocycles. The average Bonchev–Trinajstić information content (AvgIpc) is 2.73. The summed E-state index contributed by atoms with van der Waals surface area (Å²) in [5.41, 5.74) is 0. The lowest BCUT2D eigenvalue weighted by atomic mass is 11.0. The molecule has 6 heteroatoms. The lowest BCUT2D eigenvalue weighted by Gasteiger charge is -1.91. The monoisotopic (exact) mass is 169 g/mol. The van der Waals surface area contributed by atoms with Crippen LogP contribution in [0.1, 0.15) is 0 Å². The van der Waals surface area contributed by atoms with E-state index >= 15 is 0 Å². The van der Waals surface area contributed by atoms with Crippen LogP contribution >= 0.6 is 0 Å². The Balaban J connectivity index is 0.000000219. The topological polar surface area (TPSA) is 74.5 Å². The Labute approximate surface area is 60.7 Å². The Morgan fingerprint density at radius 3 is 1.50 bits per heavy atom. The van der Waals surface area contributed by atoms with Gasteiger partial charge in [0.15, 0.2) is 0 Å². The molecule has 1 N–H and O–H groups in total. The molecular weight excluding hydrogens is 158 g/mol. The number of rotatable bonds is 2. The molecule has 10 heavy (non-hydrogen) atoms. The zero-order valence-corrected chi connectivity index (χ0v) is 6.77. The second-order valence-corrected chi connectivity index (χ2v) is 2.97. The highest BCUT2D eigenvalue weighted by Gasteiger charge is 2.01. The van der Waals surface area contributed by atoms with Gasteiger partial charge >= 0.3 is 10.4 Å². The van der Waals surface area contributed by atoms with Crippen molar-refractivity contribution in [3.8, 4) is 0 Å². The molecule has 0 bridgehead atoms. The fraction of sp³-hybridized carbons (Fsp3) is 1.00. The predicted octanol–water partition coefficient (Wildman–Crippen LogP) is -0.886. The van der Waals surface area contributed by atoms with Crippen molar-refractivity contribution >= 4 is 10.4 Å². The van der Waals surface area contributed by atoms with Crippen LogP contribution in [0.2, 0.25) is 0 Å². The van der Waals surface area contributed by atoms with Crippen LogP contribution in [0, 0.1) is 0 Å². The Morgan fingerprint density at radius 1 is 1.20 bits per heavy atom. The largest absolute Gasteiger partial charge is 0.399 e. The number of hydrogen-bond acceptors (Lipinski definition) is 5. The normalized spacial score (nSPS) is 15.4. The molecule has 1 saturated heterocycles. The first-order valence-electron chi connectivity index (χ1n) is 2.69. The molecule has 1 fully saturated rings. The maximum atomic E-state index is 9.92. The van der Waals surface area contributed by atoms with Crippen molar-refractivity contribution in [2.24, 2.45) is 0 Å². The molecule has 0 saturated carbocycles. The first kappa shape index (κ1) is 9.83. The van der Waals surface area contributed by atoms with E-state index in [0.29, 0.717) is 0 Å². The molecule has 1 aliphatic rings. The minimum Gasteiger partial charge on any atom is -0.314 e. The molecule has 0 aromatic carbocycles. The van der Waals surface area contributed by atoms with Gasteiger partial charge in [-0.2, -0.15) is 8.42 Å². The second-order valence-electron chi connectivity index (χ2n) is 1.49. The highest BCUT2D eigenvalue weighted by atomic mass is 32.3. The Bertz CT molecular complexity index is 149. The van der Waals surface area contributed by atoms with Crippen LogP contribution in [-0.2, 0) is 18.8 Å². The molecule has 0 aliphatic carbocycles. The summed E-state index contributed by atoms with van der Waals surface area (Å²) in [6.07, 6.45) is 0. The van der Waals surface area contributed by atoms with Gasteiger partial charge in [0.25, 0.3) is 0 Å². The molecule has 0 atom stereocenters. The summed E-state index contributed by atoms with van der Waals surface area (Å²) in [7, 11) is -1.60. The lowest BCUT2D eigenvalue weighted by molar-refractivity contribution is 0.286. The van der Waals surface area contributed by atoms with Gasteiger partial charge in [-0.05, 0) is 0 Å². The smallest absolute Gasteiger partial charge is 0.314 e. The molecule has 0 radical (unpaired) electrons. The minimum absolute atomic E-state index is 1.03. The zero-order chi connectivity index (χ0) is 8.04. The predicted molar refractivity (Wildman–Crippen MR) is 35.8 cm³/mol. The van der Waals surface area contributed by atoms with Crippen LogP contribution in [0.5, 0.6) is 0 Å². The van der Waals surface area contributed by atoms with E-state index in [9.17, 15) is 8.42 Å². The first-order chi connectivity index (χ1) is 4.62. The molecule has 0 unspecified atom stereocenters. The molecule has 5 nitrogen and oxygen atoms in total. The molecular formula is C4H11NO4S. The quantitative estimate of drug-likeness (QED) is 0.543. The van der Waals surface area contributed by atoms with Crippen molar-refractivity contribution in [1.82, 2.24) is 5.32 Å². The number of nitrogens with one attached hydrogen (secondary N) is 1. The van der Waals surface area contributed by atoms with Crippen molar-refractivity contribution in [3.63, 3.8) is 0 Å². The van der Waals surface area contributed by atoms with Gasteiger partial charge in [-0.1, -0.05) is 0 Å². The maximum absolute atomic E-state index is 9.92. The van der Waals surface area contributed by atoms with Crippen molar-refractivity contribution in [1.29, 1.82) is 0 Å². The highest BCUT2D eigenvalue weighted by Crippen LogP contribution is 1.85. The van der Waals surface area contributed by atoms with Gasteiger partial charge in [0, 0.05) is 13.1 Å². The molecule has 1 rings (SSSR count). The van der Waals surface area contributed by atoms with E-state index in [-0.39, 0.29) is 0 Å². The van der Waals surface area contributed by atoms with Crippen molar-refractivity contribution in [3.05, 3.63) is 0 Å². The van der Waals surface area contributed by atoms with Crippen LogP contribution < -0.4 is 5.32 Å². The van der Waals surface area contributed by atoms with E-state index < -0.39 is 10.4 Å². The summed E-state index contributed by atoms with van der Waals surface area (Å²) in [6, 6.07) is 0. The molecule has 0 spiro atoms. The Kier molecular flexibility index (Phi) is 4.54. The van der Waals surface area contributed by atoms with E-state index in [1.54, 1.807) is 0 Å². The van der Waals surface area contributed by atoms with Gasteiger partial charge in [-0.25, -0.2) is 0 Å². The van der Waals surface area contributed by atoms with Gasteiger partial charge in [-0.3, -0.25) is 8.37 Å². The summed E-state index contributed by atoms with van der Waals surface area (Å²) >= 11 is 0. The molecule has 1 aliphatic heterocycles. The molecule has 0 aromatic rings. The third kappa shape index (κ3) is 7.83. The third-order valence-corrected chi connectivity index (χ3v) is 1.47. The van der Waals surface area contributed by atoms with Gasteiger partial charge < -0.3 is 5.32 Å². The lowest BCUT2D eigenvalue weighted by Crippen LogP contribution is -2.02. The molecule has 0 amide bonds. The van der Waals surface area contributed by atoms with E-state index in [1.807, 2.05) is 0 Å². The Morgan fingerprint density at radius 2 is 1.50 bits per heavy atom. The summed E-state index contributed by atoms with van der Waals surface area (Å²) in [5, 5.41) is 3.00. The van der Waals surface area contributed by atoms with Crippen molar-refractivity contribution in [2.45, 2.75) is 0 Å². The third-order valence-electron chi connectivity index (χ3n) is 0.658. The molecule has 62 valence electrons. The van der Waals surface area contributed by atoms with Crippen LogP contribution in [0.25, 0.3) is 0 Å². The maximum Gasteiger partial charge on any atom is 0.399 e. The van der Waals surface area contributed by atoms with Crippen LogP contribution in [0.4, 0.5) is 0 Å². The summed E-state index contributed by atoms with van der Waals surface area (Å²) in [5.74, 6) is 0. The second kappa shape index (κ2) is 4.62. The Hall–Kier alpha value is -0.170. The van der Waals surface area contributed by atoms with Crippen LogP contribution in [0.15, 0.2) is 0 Å². The van der Waals surface area contributed by atoms with E-state index in [2.05, 4.69) is 13.7 Å². The summed E-state index contributed by atoms with van der Waals surface area (Å²) in [6.45, 7) is 2.50. The SMILES string of the molecule is C1CN1.COS(=O)(=O)OC. The summed E-state index contributed by atoms with van der Waals surface area (Å²) in [4.78, 5) is 0. The van der Waals surface area contributed by atoms with Gasteiger partial charge in [-0.15, -0.1) is 0 Å². The van der Waals surface area contributed by atoms with Crippen molar-refractivity contribution in [2.75, 3.05) is 27.3 Å². The summed E-state index contributed by atoms with van der Waals surface area (Å²) < 4.78 is 27.5. The van der Waals surface area contributed by atoms with E-state index in [1.165, 1.54) is 13.1 Å². The van der Waals surface area contributed by atoms with Crippen molar-refractivity contribution < 1.29 is 16.8 Å². The molecule has 1 heterocycles. The highest BCUT2D eigenvalue weighted by molar-refractivity contribution is 7.81. The van der Waals surface area contributed by atoms with Gasteiger partial charge in [0.1, 0.15) is 0 Å². The minimum atomic E-state index is -3.66. The fourth-order valence-corrected chi connectivity index (χ4v) is 0.204. The fourth-order valence-electron chi connectivity index (χ4n) is 0.0680. The van der Waals surface area contributed by atoms with Gasteiger partial charge in [0.05, 0.1) is 14.2 Å². The zero-order valence-electron chi connectivity index (χ0n) is 5.96. The standard InChI is InChI=1S/C2H5N.C2H6O4S/c1-2-3-1;1-5-7(3,4)6-2/h3H,1-2H2;1-2H3.